The van der Waals surface area contributed by atoms with E-state index in [1.54, 1.807) is 35.0 Å². The molecule has 330 valence electrons. The van der Waals surface area contributed by atoms with E-state index in [1.807, 2.05) is 37.4 Å². The number of unbranched alkanes of at least 4 members (excludes halogenated alkanes) is 3. The molecule has 0 bridgehead atoms. The lowest BCUT2D eigenvalue weighted by Gasteiger charge is -2.28. The Kier molecular flexibility index (Phi) is 14.2. The summed E-state index contributed by atoms with van der Waals surface area (Å²) >= 11 is 0. The van der Waals surface area contributed by atoms with Gasteiger partial charge in [0, 0.05) is 61.9 Å². The minimum absolute atomic E-state index is 0.0597. The maximum Gasteiger partial charge on any atom is 0.322 e. The number of nitrogens with zero attached hydrogens (tertiary/aromatic N) is 6. The van der Waals surface area contributed by atoms with Crippen molar-refractivity contribution in [2.75, 3.05) is 35.5 Å². The summed E-state index contributed by atoms with van der Waals surface area (Å²) in [5.41, 5.74) is 6.45. The monoisotopic (exact) mass is 873 g/mol. The number of anilines is 3. The number of rotatable bonds is 19. The van der Waals surface area contributed by atoms with E-state index in [2.05, 4.69) is 62.6 Å². The minimum atomic E-state index is -3.90. The van der Waals surface area contributed by atoms with Gasteiger partial charge in [0.25, 0.3) is 10.0 Å². The molecule has 17 heteroatoms. The van der Waals surface area contributed by atoms with Crippen molar-refractivity contribution in [1.29, 1.82) is 5.26 Å². The summed E-state index contributed by atoms with van der Waals surface area (Å²) in [6.45, 7) is 8.80. The molecule has 16 nitrogen and oxygen atoms in total. The first kappa shape index (κ1) is 44.5. The van der Waals surface area contributed by atoms with Gasteiger partial charge in [-0.2, -0.15) is 24.8 Å². The van der Waals surface area contributed by atoms with Crippen LogP contribution in [-0.4, -0.2) is 75.9 Å². The third kappa shape index (κ3) is 11.3. The Morgan fingerprint density at radius 1 is 0.921 bits per heavy atom. The topological polar surface area (TPSA) is 212 Å². The molecule has 1 aliphatic heterocycles. The van der Waals surface area contributed by atoms with Gasteiger partial charge in [-0.1, -0.05) is 57.0 Å². The fraction of sp³-hybridized carbons (Fsp3) is 0.391. The number of nitriles is 1. The maximum atomic E-state index is 13.2. The number of hydrogen-bond acceptors (Lipinski definition) is 11. The Labute approximate surface area is 367 Å². The number of aromatic amines is 1. The molecule has 6 aromatic rings. The molecular formula is C46H55N11O5S. The molecule has 0 saturated carbocycles. The van der Waals surface area contributed by atoms with Crippen molar-refractivity contribution in [2.24, 2.45) is 0 Å². The summed E-state index contributed by atoms with van der Waals surface area (Å²) in [6.07, 6.45) is 9.11. The number of aromatic nitrogens is 5. The molecule has 1 fully saturated rings. The lowest BCUT2D eigenvalue weighted by atomic mass is 10.1. The molecule has 4 heterocycles. The molecule has 0 spiro atoms. The predicted octanol–water partition coefficient (Wildman–Crippen LogP) is 7.39. The number of H-pyrrole nitrogens is 1. The van der Waals surface area contributed by atoms with Crippen molar-refractivity contribution in [3.05, 3.63) is 101 Å². The third-order valence-electron chi connectivity index (χ3n) is 11.3. The molecule has 3 aromatic carbocycles. The van der Waals surface area contributed by atoms with E-state index in [-0.39, 0.29) is 35.3 Å². The smallest absolute Gasteiger partial charge is 0.322 e. The fourth-order valence-corrected chi connectivity index (χ4v) is 8.68. The van der Waals surface area contributed by atoms with E-state index >= 15 is 0 Å². The van der Waals surface area contributed by atoms with Crippen LogP contribution in [0.25, 0.3) is 16.6 Å². The van der Waals surface area contributed by atoms with Gasteiger partial charge in [-0.25, -0.2) is 8.42 Å². The minimum Gasteiger partial charge on any atom is -0.460 e. The number of piperidine rings is 1. The summed E-state index contributed by atoms with van der Waals surface area (Å²) in [4.78, 5) is 40.0. The molecule has 0 unspecified atom stereocenters. The van der Waals surface area contributed by atoms with Crippen LogP contribution in [0.5, 0.6) is 6.01 Å². The highest BCUT2D eigenvalue weighted by atomic mass is 32.2. The highest BCUT2D eigenvalue weighted by Crippen LogP contribution is 2.30. The lowest BCUT2D eigenvalue weighted by Crippen LogP contribution is -2.36. The van der Waals surface area contributed by atoms with E-state index in [0.717, 1.165) is 72.4 Å². The molecular weight excluding hydrogens is 819 g/mol. The van der Waals surface area contributed by atoms with Crippen LogP contribution >= 0.6 is 0 Å². The molecule has 0 aliphatic carbocycles. The standard InChI is InChI=1S/C46H55N11O5S/c1-30(2)38-29-51-57-44(38)53-46(62-36-21-23-56(4)24-22-36)54-45(57)50-27-32-12-16-35(17-13-32)52-41(59)10-8-6-5-7-9-40(58)48-26-33-14-18-37(19-15-33)63(60,61)55-39-20-11-31(3)42-34(25-47)28-49-43(39)42/h11-20,28-30,36,49,55H,5-10,21-24,26-27H2,1-4H3,(H,48,58)(H,52,59)(H,50,53,54). The van der Waals surface area contributed by atoms with Crippen LogP contribution in [-0.2, 0) is 32.7 Å². The van der Waals surface area contributed by atoms with Gasteiger partial charge in [-0.15, -0.1) is 0 Å². The maximum absolute atomic E-state index is 13.2. The van der Waals surface area contributed by atoms with Gasteiger partial charge in [0.2, 0.25) is 17.8 Å². The van der Waals surface area contributed by atoms with Crippen molar-refractivity contribution in [2.45, 2.75) is 102 Å². The molecule has 63 heavy (non-hydrogen) atoms. The first-order valence-corrected chi connectivity index (χ1v) is 23.0. The average Bonchev–Trinajstić information content (AvgIpc) is 3.92. The van der Waals surface area contributed by atoms with Crippen molar-refractivity contribution >= 4 is 55.7 Å². The fourth-order valence-electron chi connectivity index (χ4n) is 7.61. The van der Waals surface area contributed by atoms with Crippen LogP contribution in [0.1, 0.15) is 98.9 Å². The van der Waals surface area contributed by atoms with E-state index in [4.69, 9.17) is 14.7 Å². The van der Waals surface area contributed by atoms with Gasteiger partial charge in [0.15, 0.2) is 5.65 Å². The molecule has 5 N–H and O–H groups in total. The third-order valence-corrected chi connectivity index (χ3v) is 12.7. The number of ether oxygens (including phenoxy) is 1. The van der Waals surface area contributed by atoms with Crippen LogP contribution in [0, 0.1) is 18.3 Å². The molecule has 3 aromatic heterocycles. The van der Waals surface area contributed by atoms with E-state index in [1.165, 1.54) is 12.1 Å². The van der Waals surface area contributed by atoms with Gasteiger partial charge < -0.3 is 30.6 Å². The summed E-state index contributed by atoms with van der Waals surface area (Å²) < 4.78 is 36.9. The van der Waals surface area contributed by atoms with E-state index in [0.29, 0.717) is 66.3 Å². The van der Waals surface area contributed by atoms with E-state index < -0.39 is 10.0 Å². The number of carbonyl (C=O) groups excluding carboxylic acids is 2. The SMILES string of the molecule is Cc1ccc(NS(=O)(=O)c2ccc(CNC(=O)CCCCCCC(=O)Nc3ccc(CNc4nc(OC5CCN(C)CC5)nc5c(C(C)C)cnn45)cc3)cc2)c2[nH]cc(C#N)c12. The van der Waals surface area contributed by atoms with Crippen LogP contribution in [0.4, 0.5) is 17.3 Å². The second-order valence-corrected chi connectivity index (χ2v) is 18.2. The Bertz CT molecular complexity index is 2700. The zero-order chi connectivity index (χ0) is 44.5. The van der Waals surface area contributed by atoms with E-state index in [9.17, 15) is 23.3 Å². The summed E-state index contributed by atoms with van der Waals surface area (Å²) in [7, 11) is -1.79. The summed E-state index contributed by atoms with van der Waals surface area (Å²) in [5, 5.41) is 23.9. The molecule has 0 atom stereocenters. The Hall–Kier alpha value is -6.51. The largest absolute Gasteiger partial charge is 0.460 e. The Morgan fingerprint density at radius 3 is 2.30 bits per heavy atom. The van der Waals surface area contributed by atoms with Crippen LogP contribution in [0.15, 0.2) is 78.0 Å². The Balaban J connectivity index is 0.791. The van der Waals surface area contributed by atoms with Gasteiger partial charge in [0.1, 0.15) is 12.2 Å². The van der Waals surface area contributed by atoms with Gasteiger partial charge in [0.05, 0.1) is 27.9 Å². The molecule has 0 radical (unpaired) electrons. The number of hydrogen-bond donors (Lipinski definition) is 5. The van der Waals surface area contributed by atoms with Crippen molar-refractivity contribution in [3.63, 3.8) is 0 Å². The number of carbonyl (C=O) groups is 2. The van der Waals surface area contributed by atoms with Crippen molar-refractivity contribution in [3.8, 4) is 12.1 Å². The Morgan fingerprint density at radius 2 is 1.60 bits per heavy atom. The van der Waals surface area contributed by atoms with Gasteiger partial charge in [-0.3, -0.25) is 14.3 Å². The molecule has 1 saturated heterocycles. The normalized spacial score (nSPS) is 13.6. The predicted molar refractivity (Wildman–Crippen MR) is 243 cm³/mol. The number of likely N-dealkylation sites (tertiary alicyclic amines) is 1. The second kappa shape index (κ2) is 20.1. The number of nitrogens with one attached hydrogen (secondary N) is 5. The number of amides is 2. The van der Waals surface area contributed by atoms with Crippen LogP contribution in [0.3, 0.4) is 0 Å². The number of aryl methyl sites for hydroxylation is 1. The first-order chi connectivity index (χ1) is 30.4. The van der Waals surface area contributed by atoms with Crippen molar-refractivity contribution < 1.29 is 22.7 Å². The van der Waals surface area contributed by atoms with Gasteiger partial charge >= 0.3 is 6.01 Å². The number of fused-ring (bicyclic) bond motifs is 2. The molecule has 1 aliphatic rings. The number of sulfonamides is 1. The zero-order valence-electron chi connectivity index (χ0n) is 36.2. The van der Waals surface area contributed by atoms with Crippen LogP contribution in [0.2, 0.25) is 0 Å². The summed E-state index contributed by atoms with van der Waals surface area (Å²) in [6, 6.07) is 19.9. The quantitative estimate of drug-likeness (QED) is 0.0507. The molecule has 2 amide bonds. The van der Waals surface area contributed by atoms with Crippen LogP contribution < -0.4 is 25.4 Å². The highest BCUT2D eigenvalue weighted by Gasteiger charge is 2.22. The second-order valence-electron chi connectivity index (χ2n) is 16.5. The summed E-state index contributed by atoms with van der Waals surface area (Å²) in [5.74, 6) is 0.636. The average molecular weight is 874 g/mol. The number of benzene rings is 3. The highest BCUT2D eigenvalue weighted by molar-refractivity contribution is 7.92. The first-order valence-electron chi connectivity index (χ1n) is 21.5. The zero-order valence-corrected chi connectivity index (χ0v) is 37.0. The van der Waals surface area contributed by atoms with Crippen molar-refractivity contribution in [1.82, 2.24) is 34.8 Å². The molecule has 7 rings (SSSR count). The van der Waals surface area contributed by atoms with Gasteiger partial charge in [-0.05, 0) is 92.6 Å². The lowest BCUT2D eigenvalue weighted by molar-refractivity contribution is -0.121.